The Morgan fingerprint density at radius 3 is 0.788 bits per heavy atom. The Kier molecular flexibility index (Phi) is 6.75. The van der Waals surface area contributed by atoms with Crippen LogP contribution in [0.3, 0.4) is 0 Å². The summed E-state index contributed by atoms with van der Waals surface area (Å²) in [5.41, 5.74) is 2.58. The summed E-state index contributed by atoms with van der Waals surface area (Å²) in [6, 6.07) is 41.9. The van der Waals surface area contributed by atoms with Crippen LogP contribution in [0.4, 0.5) is 0 Å². The Morgan fingerprint density at radius 1 is 0.394 bits per heavy atom. The molecule has 0 saturated carbocycles. The highest BCUT2D eigenvalue weighted by Crippen LogP contribution is 2.46. The predicted molar refractivity (Wildman–Crippen MR) is 136 cm³/mol. The summed E-state index contributed by atoms with van der Waals surface area (Å²) in [4.78, 5) is 4.34. The Labute approximate surface area is 197 Å². The minimum Gasteiger partial charge on any atom is -0.322 e. The van der Waals surface area contributed by atoms with E-state index >= 15 is 0 Å². The highest BCUT2D eigenvalue weighted by molar-refractivity contribution is 5.40. The maximum absolute atomic E-state index is 7.54. The first-order valence-corrected chi connectivity index (χ1v) is 11.3. The van der Waals surface area contributed by atoms with Gasteiger partial charge in [0.1, 0.15) is 0 Å². The second-order valence-corrected chi connectivity index (χ2v) is 8.64. The molecule has 0 aliphatic carbocycles. The highest BCUT2D eigenvalue weighted by atomic mass is 16.6. The van der Waals surface area contributed by atoms with E-state index in [-0.39, 0.29) is 0 Å². The van der Waals surface area contributed by atoms with Crippen LogP contribution in [-0.4, -0.2) is 38.0 Å². The number of hydrogen-bond acceptors (Lipinski definition) is 3. The van der Waals surface area contributed by atoms with Gasteiger partial charge in [-0.15, -0.1) is 0 Å². The van der Waals surface area contributed by atoms with E-state index in [0.717, 1.165) is 22.3 Å². The first-order valence-electron chi connectivity index (χ1n) is 11.3. The molecule has 0 saturated heterocycles. The third kappa shape index (κ3) is 4.11. The third-order valence-electron chi connectivity index (χ3n) is 6.22. The Morgan fingerprint density at radius 2 is 0.606 bits per heavy atom. The number of hydrogen-bond donors (Lipinski definition) is 0. The van der Waals surface area contributed by atoms with Crippen molar-refractivity contribution in [1.29, 1.82) is 0 Å². The molecule has 0 fully saturated rings. The van der Waals surface area contributed by atoms with Crippen molar-refractivity contribution in [1.82, 2.24) is 9.80 Å². The maximum Gasteiger partial charge on any atom is 0.176 e. The topological polar surface area (TPSA) is 15.7 Å². The van der Waals surface area contributed by atoms with Gasteiger partial charge < -0.3 is 4.74 Å². The zero-order valence-electron chi connectivity index (χ0n) is 19.8. The van der Waals surface area contributed by atoms with Crippen molar-refractivity contribution in [3.05, 3.63) is 144 Å². The zero-order chi connectivity index (χ0) is 23.3. The van der Waals surface area contributed by atoms with E-state index < -0.39 is 11.4 Å². The smallest absolute Gasteiger partial charge is 0.176 e. The van der Waals surface area contributed by atoms with Crippen LogP contribution in [0.1, 0.15) is 22.3 Å². The van der Waals surface area contributed by atoms with E-state index in [1.54, 1.807) is 0 Å². The molecule has 0 unspecified atom stereocenters. The fraction of sp³-hybridized carbons (Fsp3) is 0.200. The van der Waals surface area contributed by atoms with Gasteiger partial charge in [-0.2, -0.15) is 0 Å². The van der Waals surface area contributed by atoms with E-state index in [2.05, 4.69) is 135 Å². The molecule has 168 valence electrons. The quantitative estimate of drug-likeness (QED) is 0.319. The van der Waals surface area contributed by atoms with Gasteiger partial charge in [0.05, 0.1) is 0 Å². The van der Waals surface area contributed by atoms with Crippen molar-refractivity contribution in [2.45, 2.75) is 11.4 Å². The summed E-state index contributed by atoms with van der Waals surface area (Å²) in [5.74, 6) is 0. The van der Waals surface area contributed by atoms with Gasteiger partial charge in [-0.3, -0.25) is 9.80 Å². The first-order chi connectivity index (χ1) is 16.0. The fourth-order valence-corrected chi connectivity index (χ4v) is 4.65. The molecule has 3 nitrogen and oxygen atoms in total. The molecule has 0 aromatic heterocycles. The summed E-state index contributed by atoms with van der Waals surface area (Å²) in [6.07, 6.45) is 0. The van der Waals surface area contributed by atoms with Crippen molar-refractivity contribution in [3.8, 4) is 0 Å². The van der Waals surface area contributed by atoms with Crippen LogP contribution in [0, 0.1) is 0 Å². The zero-order valence-corrected chi connectivity index (χ0v) is 19.8. The van der Waals surface area contributed by atoms with Gasteiger partial charge in [-0.1, -0.05) is 121 Å². The lowest BCUT2D eigenvalue weighted by Gasteiger charge is -2.50. The molecule has 0 atom stereocenters. The minimum absolute atomic E-state index is 0.849. The lowest BCUT2D eigenvalue weighted by atomic mass is 9.88. The Balaban J connectivity index is 2.06. The summed E-state index contributed by atoms with van der Waals surface area (Å²) < 4.78 is 7.54. The summed E-state index contributed by atoms with van der Waals surface area (Å²) in [6.45, 7) is 0. The average Bonchev–Trinajstić information content (AvgIpc) is 2.87. The van der Waals surface area contributed by atoms with Gasteiger partial charge in [-0.05, 0) is 28.2 Å². The van der Waals surface area contributed by atoms with Crippen molar-refractivity contribution in [3.63, 3.8) is 0 Å². The standard InChI is InChI=1S/C30H32N2O/c1-31(2)29(25-17-9-5-10-18-25,26-19-11-6-12-20-26)33-30(32(3)4,27-21-13-7-14-22-27)28-23-15-8-16-24-28/h5-24H,1-4H3. The Hall–Kier alpha value is -3.24. The molecule has 0 amide bonds. The molecule has 4 aromatic carbocycles. The molecule has 0 radical (unpaired) electrons. The summed E-state index contributed by atoms with van der Waals surface area (Å²) in [5, 5.41) is 0. The molecule has 0 aliphatic heterocycles. The minimum atomic E-state index is -0.849. The average molecular weight is 437 g/mol. The number of nitrogens with zero attached hydrogens (tertiary/aromatic N) is 2. The molecule has 4 rings (SSSR count). The van der Waals surface area contributed by atoms with Gasteiger partial charge in [0, 0.05) is 22.3 Å². The second-order valence-electron chi connectivity index (χ2n) is 8.64. The SMILES string of the molecule is CN(C)C(OC(c1ccccc1)(c1ccccc1)N(C)C)(c1ccccc1)c1ccccc1. The second kappa shape index (κ2) is 9.72. The first kappa shape index (κ1) is 22.9. The third-order valence-corrected chi connectivity index (χ3v) is 6.22. The fourth-order valence-electron chi connectivity index (χ4n) is 4.65. The Bertz CT molecular complexity index is 955. The van der Waals surface area contributed by atoms with E-state index in [1.807, 2.05) is 24.3 Å². The van der Waals surface area contributed by atoms with Gasteiger partial charge in [0.15, 0.2) is 11.4 Å². The van der Waals surface area contributed by atoms with Crippen LogP contribution in [-0.2, 0) is 16.2 Å². The van der Waals surface area contributed by atoms with Crippen LogP contribution >= 0.6 is 0 Å². The van der Waals surface area contributed by atoms with Gasteiger partial charge in [-0.25, -0.2) is 0 Å². The van der Waals surface area contributed by atoms with E-state index in [1.165, 1.54) is 0 Å². The van der Waals surface area contributed by atoms with Crippen molar-refractivity contribution < 1.29 is 4.74 Å². The largest absolute Gasteiger partial charge is 0.322 e. The molecule has 0 spiro atoms. The maximum atomic E-state index is 7.54. The predicted octanol–water partition coefficient (Wildman–Crippen LogP) is 5.93. The van der Waals surface area contributed by atoms with Crippen molar-refractivity contribution in [2.24, 2.45) is 0 Å². The number of ether oxygens (including phenoxy) is 1. The molecule has 0 aliphatic rings. The molecule has 0 heterocycles. The molecule has 4 aromatic rings. The molecule has 33 heavy (non-hydrogen) atoms. The van der Waals surface area contributed by atoms with Crippen LogP contribution in [0.5, 0.6) is 0 Å². The van der Waals surface area contributed by atoms with Crippen molar-refractivity contribution in [2.75, 3.05) is 28.2 Å². The van der Waals surface area contributed by atoms with Gasteiger partial charge in [0.2, 0.25) is 0 Å². The van der Waals surface area contributed by atoms with E-state index in [4.69, 9.17) is 4.74 Å². The number of benzene rings is 4. The van der Waals surface area contributed by atoms with Crippen molar-refractivity contribution >= 4 is 0 Å². The van der Waals surface area contributed by atoms with Gasteiger partial charge >= 0.3 is 0 Å². The van der Waals surface area contributed by atoms with Crippen LogP contribution < -0.4 is 0 Å². The molecule has 3 heteroatoms. The number of rotatable bonds is 8. The monoisotopic (exact) mass is 436 g/mol. The lowest BCUT2D eigenvalue weighted by Crippen LogP contribution is -2.55. The van der Waals surface area contributed by atoms with E-state index in [0.29, 0.717) is 0 Å². The summed E-state index contributed by atoms with van der Waals surface area (Å²) in [7, 11) is 8.32. The highest BCUT2D eigenvalue weighted by Gasteiger charge is 2.49. The normalized spacial score (nSPS) is 12.3. The molecule has 0 N–H and O–H groups in total. The molecular formula is C30H32N2O. The molecule has 0 bridgehead atoms. The van der Waals surface area contributed by atoms with Crippen LogP contribution in [0.25, 0.3) is 0 Å². The van der Waals surface area contributed by atoms with Gasteiger partial charge in [0.25, 0.3) is 0 Å². The van der Waals surface area contributed by atoms with Crippen LogP contribution in [0.2, 0.25) is 0 Å². The molecular weight excluding hydrogens is 404 g/mol. The van der Waals surface area contributed by atoms with Crippen LogP contribution in [0.15, 0.2) is 121 Å². The lowest BCUT2D eigenvalue weighted by molar-refractivity contribution is -0.238. The summed E-state index contributed by atoms with van der Waals surface area (Å²) >= 11 is 0. The van der Waals surface area contributed by atoms with E-state index in [9.17, 15) is 0 Å².